The molecule has 136 valence electrons. The van der Waals surface area contributed by atoms with Crippen molar-refractivity contribution in [2.45, 2.75) is 53.1 Å². The zero-order valence-electron chi connectivity index (χ0n) is 15.4. The van der Waals surface area contributed by atoms with Gasteiger partial charge in [0.05, 0.1) is 18.2 Å². The predicted molar refractivity (Wildman–Crippen MR) is 93.4 cm³/mol. The quantitative estimate of drug-likeness (QED) is 0.846. The lowest BCUT2D eigenvalue weighted by atomic mass is 9.98. The van der Waals surface area contributed by atoms with Crippen molar-refractivity contribution in [2.75, 3.05) is 6.54 Å². The van der Waals surface area contributed by atoms with E-state index in [9.17, 15) is 9.59 Å². The fourth-order valence-corrected chi connectivity index (χ4v) is 3.65. The monoisotopic (exact) mass is 346 g/mol. The van der Waals surface area contributed by atoms with Crippen molar-refractivity contribution in [3.05, 3.63) is 33.3 Å². The molecule has 1 N–H and O–H groups in total. The van der Waals surface area contributed by atoms with E-state index in [0.717, 1.165) is 24.4 Å². The van der Waals surface area contributed by atoms with Gasteiger partial charge in [0.2, 0.25) is 5.91 Å². The largest absolute Gasteiger partial charge is 0.354 e. The molecule has 1 amide bonds. The van der Waals surface area contributed by atoms with E-state index in [-0.39, 0.29) is 17.5 Å². The number of hydrogen-bond donors (Lipinski definition) is 1. The summed E-state index contributed by atoms with van der Waals surface area (Å²) in [6.07, 6.45) is 2.35. The summed E-state index contributed by atoms with van der Waals surface area (Å²) in [7, 11) is 1.64. The summed E-state index contributed by atoms with van der Waals surface area (Å²) < 4.78 is 4.91. The Morgan fingerprint density at radius 3 is 2.76 bits per heavy atom. The molecule has 1 atom stereocenters. The van der Waals surface area contributed by atoms with Crippen LogP contribution in [0.25, 0.3) is 0 Å². The minimum Gasteiger partial charge on any atom is -0.354 e. The van der Waals surface area contributed by atoms with Crippen molar-refractivity contribution in [1.29, 1.82) is 0 Å². The number of nitrogens with one attached hydrogen (secondary N) is 1. The second kappa shape index (κ2) is 6.85. The van der Waals surface area contributed by atoms with Gasteiger partial charge in [-0.05, 0) is 32.3 Å². The van der Waals surface area contributed by atoms with Crippen molar-refractivity contribution >= 4 is 5.91 Å². The first-order chi connectivity index (χ1) is 11.9. The maximum atomic E-state index is 12.4. The number of fused-ring (bicyclic) bond motifs is 1. The molecular formula is C17H26N6O2. The molecule has 2 aromatic rings. The zero-order chi connectivity index (χ0) is 18.1. The third kappa shape index (κ3) is 3.25. The predicted octanol–water partition coefficient (Wildman–Crippen LogP) is 0.336. The third-order valence-corrected chi connectivity index (χ3v) is 5.08. The van der Waals surface area contributed by atoms with Gasteiger partial charge in [-0.2, -0.15) is 10.2 Å². The van der Waals surface area contributed by atoms with Crippen LogP contribution in [0.4, 0.5) is 0 Å². The third-order valence-electron chi connectivity index (χ3n) is 5.08. The molecule has 25 heavy (non-hydrogen) atoms. The van der Waals surface area contributed by atoms with Crippen LogP contribution >= 0.6 is 0 Å². The van der Waals surface area contributed by atoms with E-state index in [4.69, 9.17) is 0 Å². The molecule has 0 saturated heterocycles. The first kappa shape index (κ1) is 17.4. The van der Waals surface area contributed by atoms with E-state index in [1.807, 2.05) is 11.6 Å². The second-order valence-corrected chi connectivity index (χ2v) is 6.69. The smallest absolute Gasteiger partial charge is 0.345 e. The lowest BCUT2D eigenvalue weighted by Crippen LogP contribution is -2.39. The Labute approximate surface area is 146 Å². The van der Waals surface area contributed by atoms with Gasteiger partial charge in [0.1, 0.15) is 5.82 Å². The van der Waals surface area contributed by atoms with Gasteiger partial charge in [-0.15, -0.1) is 0 Å². The fourth-order valence-electron chi connectivity index (χ4n) is 3.65. The number of aryl methyl sites for hydroxylation is 3. The van der Waals surface area contributed by atoms with Crippen LogP contribution in [0.1, 0.15) is 36.1 Å². The summed E-state index contributed by atoms with van der Waals surface area (Å²) in [4.78, 5) is 24.4. The summed E-state index contributed by atoms with van der Waals surface area (Å²) in [6.45, 7) is 7.82. The molecule has 1 aliphatic heterocycles. The summed E-state index contributed by atoms with van der Waals surface area (Å²) >= 11 is 0. The molecule has 1 aliphatic rings. The number of amides is 1. The van der Waals surface area contributed by atoms with Gasteiger partial charge in [-0.3, -0.25) is 14.0 Å². The Kier molecular flexibility index (Phi) is 4.78. The van der Waals surface area contributed by atoms with Crippen LogP contribution in [0.5, 0.6) is 0 Å². The van der Waals surface area contributed by atoms with Crippen molar-refractivity contribution in [1.82, 2.24) is 29.4 Å². The molecule has 3 heterocycles. The van der Waals surface area contributed by atoms with E-state index in [0.29, 0.717) is 26.1 Å². The molecule has 2 aromatic heterocycles. The van der Waals surface area contributed by atoms with Crippen molar-refractivity contribution in [3.8, 4) is 0 Å². The molecule has 8 heteroatoms. The van der Waals surface area contributed by atoms with Gasteiger partial charge >= 0.3 is 5.69 Å². The summed E-state index contributed by atoms with van der Waals surface area (Å²) in [5, 5.41) is 11.7. The number of nitrogens with zero attached hydrogens (tertiary/aromatic N) is 5. The lowest BCUT2D eigenvalue weighted by Gasteiger charge is -2.21. The van der Waals surface area contributed by atoms with E-state index < -0.39 is 0 Å². The minimum atomic E-state index is -0.180. The highest BCUT2D eigenvalue weighted by Gasteiger charge is 2.27. The number of hydrogen-bond acceptors (Lipinski definition) is 4. The van der Waals surface area contributed by atoms with E-state index in [2.05, 4.69) is 29.4 Å². The molecule has 0 fully saturated rings. The van der Waals surface area contributed by atoms with Crippen LogP contribution in [0.3, 0.4) is 0 Å². The number of carbonyl (C=O) groups excluding carboxylic acids is 1. The Bertz CT molecular complexity index is 844. The first-order valence-corrected chi connectivity index (χ1v) is 8.85. The molecule has 0 saturated carbocycles. The number of rotatable bonds is 5. The van der Waals surface area contributed by atoms with Gasteiger partial charge in [0.25, 0.3) is 0 Å². The van der Waals surface area contributed by atoms with Crippen LogP contribution in [0.15, 0.2) is 4.79 Å². The zero-order valence-corrected chi connectivity index (χ0v) is 15.4. The van der Waals surface area contributed by atoms with Gasteiger partial charge < -0.3 is 5.32 Å². The van der Waals surface area contributed by atoms with Gasteiger partial charge in [0, 0.05) is 32.3 Å². The van der Waals surface area contributed by atoms with Crippen LogP contribution in [-0.2, 0) is 37.8 Å². The Morgan fingerprint density at radius 1 is 1.32 bits per heavy atom. The number of aromatic nitrogens is 5. The van der Waals surface area contributed by atoms with Crippen molar-refractivity contribution in [3.63, 3.8) is 0 Å². The highest BCUT2D eigenvalue weighted by atomic mass is 16.2. The normalized spacial score (nSPS) is 16.7. The Hall–Kier alpha value is -2.38. The van der Waals surface area contributed by atoms with Gasteiger partial charge in [0.15, 0.2) is 0 Å². The molecule has 0 unspecified atom stereocenters. The second-order valence-electron chi connectivity index (χ2n) is 6.69. The summed E-state index contributed by atoms with van der Waals surface area (Å²) in [6, 6.07) is 0. The highest BCUT2D eigenvalue weighted by molar-refractivity contribution is 5.78. The van der Waals surface area contributed by atoms with Crippen molar-refractivity contribution in [2.24, 2.45) is 13.0 Å². The topological polar surface area (TPSA) is 86.7 Å². The lowest BCUT2D eigenvalue weighted by molar-refractivity contribution is -0.126. The average molecular weight is 346 g/mol. The van der Waals surface area contributed by atoms with E-state index >= 15 is 0 Å². The fraction of sp³-hybridized carbons (Fsp3) is 0.647. The molecule has 8 nitrogen and oxygen atoms in total. The summed E-state index contributed by atoms with van der Waals surface area (Å²) in [5.41, 5.74) is 3.35. The maximum absolute atomic E-state index is 12.4. The first-order valence-electron chi connectivity index (χ1n) is 8.85. The Balaban J connectivity index is 1.57. The van der Waals surface area contributed by atoms with E-state index in [1.165, 1.54) is 15.9 Å². The van der Waals surface area contributed by atoms with Gasteiger partial charge in [-0.25, -0.2) is 9.48 Å². The molecule has 0 aromatic carbocycles. The van der Waals surface area contributed by atoms with Crippen LogP contribution < -0.4 is 11.0 Å². The molecular weight excluding hydrogens is 320 g/mol. The molecule has 3 rings (SSSR count). The highest BCUT2D eigenvalue weighted by Crippen LogP contribution is 2.17. The van der Waals surface area contributed by atoms with Crippen LogP contribution in [0, 0.1) is 19.8 Å². The molecule has 0 spiro atoms. The van der Waals surface area contributed by atoms with Gasteiger partial charge in [-0.1, -0.05) is 6.92 Å². The van der Waals surface area contributed by atoms with Crippen LogP contribution in [0.2, 0.25) is 0 Å². The number of carbonyl (C=O) groups is 1. The van der Waals surface area contributed by atoms with E-state index in [1.54, 1.807) is 11.6 Å². The SMILES string of the molecule is CCc1c(C)nn(CCNC(=O)[C@@H]2CCc3nn(C)c(=O)n3C2)c1C. The molecule has 0 bridgehead atoms. The Morgan fingerprint density at radius 2 is 2.08 bits per heavy atom. The summed E-state index contributed by atoms with van der Waals surface area (Å²) in [5.74, 6) is 0.589. The minimum absolute atomic E-state index is 0.00125. The molecule has 0 aliphatic carbocycles. The maximum Gasteiger partial charge on any atom is 0.345 e. The van der Waals surface area contributed by atoms with Crippen LogP contribution in [-0.4, -0.2) is 36.6 Å². The van der Waals surface area contributed by atoms with Crippen molar-refractivity contribution < 1.29 is 4.79 Å². The molecule has 0 radical (unpaired) electrons. The average Bonchev–Trinajstić information content (AvgIpc) is 3.03. The standard InChI is InChI=1S/C17H26N6O2/c1-5-14-11(2)19-23(12(14)3)9-8-18-16(24)13-6-7-15-20-21(4)17(25)22(15)10-13/h13H,5-10H2,1-4H3,(H,18,24)/t13-/m1/s1.